The van der Waals surface area contributed by atoms with Crippen LogP contribution in [0, 0.1) is 0 Å². The maximum atomic E-state index is 12.7. The summed E-state index contributed by atoms with van der Waals surface area (Å²) in [6.07, 6.45) is 2.56. The van der Waals surface area contributed by atoms with Crippen LogP contribution in [0.2, 0.25) is 0 Å². The highest BCUT2D eigenvalue weighted by molar-refractivity contribution is 5.96. The van der Waals surface area contributed by atoms with E-state index < -0.39 is 0 Å². The van der Waals surface area contributed by atoms with Crippen LogP contribution in [-0.2, 0) is 4.79 Å². The van der Waals surface area contributed by atoms with Gasteiger partial charge in [-0.15, -0.1) is 0 Å². The fourth-order valence-electron chi connectivity index (χ4n) is 2.09. The number of anilines is 1. The maximum Gasteiger partial charge on any atom is 0.271 e. The summed E-state index contributed by atoms with van der Waals surface area (Å²) in [5.74, 6) is -0.245. The highest BCUT2D eigenvalue weighted by Crippen LogP contribution is 2.18. The Morgan fingerprint density at radius 3 is 2.43 bits per heavy atom. The van der Waals surface area contributed by atoms with Crippen molar-refractivity contribution in [1.29, 1.82) is 0 Å². The van der Waals surface area contributed by atoms with E-state index in [0.29, 0.717) is 17.9 Å². The molecule has 0 saturated carbocycles. The summed E-state index contributed by atoms with van der Waals surface area (Å²) in [5.41, 5.74) is 6.90. The zero-order chi connectivity index (χ0) is 16.2. The third kappa shape index (κ3) is 4.24. The van der Waals surface area contributed by atoms with Crippen molar-refractivity contribution in [2.75, 3.05) is 32.9 Å². The number of rotatable bonds is 6. The van der Waals surface area contributed by atoms with E-state index in [-0.39, 0.29) is 24.4 Å². The predicted molar refractivity (Wildman–Crippen MR) is 84.1 cm³/mol. The number of hydrogen-bond donors (Lipinski definition) is 1. The van der Waals surface area contributed by atoms with Crippen molar-refractivity contribution < 1.29 is 9.59 Å². The van der Waals surface area contributed by atoms with E-state index in [1.165, 1.54) is 4.90 Å². The molecule has 1 aromatic heterocycles. The molecule has 2 N–H and O–H groups in total. The van der Waals surface area contributed by atoms with Crippen molar-refractivity contribution in [1.82, 2.24) is 14.4 Å². The van der Waals surface area contributed by atoms with Crippen molar-refractivity contribution in [3.63, 3.8) is 0 Å². The molecule has 1 aromatic rings. The molecule has 118 valence electrons. The number of nitrogens with two attached hydrogens (primary N) is 1. The molecule has 0 saturated heterocycles. The summed E-state index contributed by atoms with van der Waals surface area (Å²) in [5, 5.41) is 0. The summed E-state index contributed by atoms with van der Waals surface area (Å²) in [7, 11) is 3.37. The van der Waals surface area contributed by atoms with Gasteiger partial charge < -0.3 is 20.1 Å². The largest absolute Gasteiger partial charge is 0.397 e. The number of nitrogens with zero attached hydrogens (tertiary/aromatic N) is 3. The second-order valence-corrected chi connectivity index (χ2v) is 5.67. The van der Waals surface area contributed by atoms with E-state index in [4.69, 9.17) is 5.73 Å². The molecule has 2 amide bonds. The molecule has 0 atom stereocenters. The fraction of sp³-hybridized carbons (Fsp3) is 0.600. The van der Waals surface area contributed by atoms with Crippen LogP contribution < -0.4 is 5.73 Å². The Balaban J connectivity index is 3.03. The Morgan fingerprint density at radius 1 is 1.33 bits per heavy atom. The molecule has 1 rings (SSSR count). The van der Waals surface area contributed by atoms with Crippen LogP contribution in [0.25, 0.3) is 0 Å². The van der Waals surface area contributed by atoms with Crippen molar-refractivity contribution in [3.8, 4) is 0 Å². The normalized spacial score (nSPS) is 10.8. The monoisotopic (exact) mass is 294 g/mol. The van der Waals surface area contributed by atoms with Crippen LogP contribution in [0.5, 0.6) is 0 Å². The van der Waals surface area contributed by atoms with Crippen molar-refractivity contribution in [2.24, 2.45) is 0 Å². The highest BCUT2D eigenvalue weighted by Gasteiger charge is 2.23. The van der Waals surface area contributed by atoms with E-state index in [1.807, 2.05) is 25.3 Å². The van der Waals surface area contributed by atoms with E-state index >= 15 is 0 Å². The quantitative estimate of drug-likeness (QED) is 0.866. The molecule has 0 aliphatic heterocycles. The molecule has 0 fully saturated rings. The van der Waals surface area contributed by atoms with Gasteiger partial charge in [0.05, 0.1) is 5.69 Å². The van der Waals surface area contributed by atoms with E-state index in [9.17, 15) is 9.59 Å². The van der Waals surface area contributed by atoms with Gasteiger partial charge in [0.1, 0.15) is 12.2 Å². The molecular weight excluding hydrogens is 268 g/mol. The van der Waals surface area contributed by atoms with Gasteiger partial charge in [0.25, 0.3) is 5.91 Å². The van der Waals surface area contributed by atoms with Gasteiger partial charge in [-0.25, -0.2) is 0 Å². The van der Waals surface area contributed by atoms with E-state index in [0.717, 1.165) is 6.42 Å². The summed E-state index contributed by atoms with van der Waals surface area (Å²) in [6.45, 7) is 6.59. The Morgan fingerprint density at radius 2 is 1.95 bits per heavy atom. The molecule has 0 aliphatic rings. The molecule has 0 aromatic carbocycles. The Hall–Kier alpha value is -1.98. The van der Waals surface area contributed by atoms with Gasteiger partial charge in [0, 0.05) is 32.9 Å². The first-order valence-electron chi connectivity index (χ1n) is 7.24. The van der Waals surface area contributed by atoms with Gasteiger partial charge >= 0.3 is 0 Å². The van der Waals surface area contributed by atoms with E-state index in [2.05, 4.69) is 0 Å². The van der Waals surface area contributed by atoms with Crippen molar-refractivity contribution in [3.05, 3.63) is 18.0 Å². The molecule has 6 nitrogen and oxygen atoms in total. The van der Waals surface area contributed by atoms with Crippen LogP contribution in [0.4, 0.5) is 5.69 Å². The lowest BCUT2D eigenvalue weighted by Gasteiger charge is -2.24. The molecule has 0 unspecified atom stereocenters. The average Bonchev–Trinajstić information content (AvgIpc) is 2.79. The molecule has 0 radical (unpaired) electrons. The number of likely N-dealkylation sites (N-methyl/N-ethyl adjacent to an activating group) is 1. The zero-order valence-electron chi connectivity index (χ0n) is 13.6. The SMILES string of the molecule is CCCN(CC(=O)N(C)C)C(=O)c1cc(N)cn1C(C)C. The predicted octanol–water partition coefficient (Wildman–Crippen LogP) is 1.59. The average molecular weight is 294 g/mol. The van der Waals surface area contributed by atoms with Gasteiger partial charge in [-0.3, -0.25) is 9.59 Å². The molecule has 0 spiro atoms. The Bertz CT molecular complexity index is 506. The lowest BCUT2D eigenvalue weighted by molar-refractivity contribution is -0.129. The third-order valence-electron chi connectivity index (χ3n) is 3.25. The molecule has 21 heavy (non-hydrogen) atoms. The van der Waals surface area contributed by atoms with Gasteiger partial charge in [0.2, 0.25) is 5.91 Å². The smallest absolute Gasteiger partial charge is 0.271 e. The van der Waals surface area contributed by atoms with Crippen LogP contribution in [-0.4, -0.2) is 53.4 Å². The van der Waals surface area contributed by atoms with Gasteiger partial charge in [-0.1, -0.05) is 6.92 Å². The van der Waals surface area contributed by atoms with Crippen molar-refractivity contribution >= 4 is 17.5 Å². The maximum absolute atomic E-state index is 12.7. The summed E-state index contributed by atoms with van der Waals surface area (Å²) in [4.78, 5) is 27.7. The first-order valence-corrected chi connectivity index (χ1v) is 7.24. The minimum absolute atomic E-state index is 0.0862. The van der Waals surface area contributed by atoms with Gasteiger partial charge in [-0.2, -0.15) is 0 Å². The number of aromatic nitrogens is 1. The molecule has 0 aliphatic carbocycles. The minimum Gasteiger partial charge on any atom is -0.397 e. The van der Waals surface area contributed by atoms with Gasteiger partial charge in [-0.05, 0) is 26.3 Å². The second kappa shape index (κ2) is 7.15. The molecular formula is C15H26N4O2. The lowest BCUT2D eigenvalue weighted by atomic mass is 10.3. The number of carbonyl (C=O) groups is 2. The fourth-order valence-corrected chi connectivity index (χ4v) is 2.09. The van der Waals surface area contributed by atoms with Crippen LogP contribution in [0.3, 0.4) is 0 Å². The molecule has 0 bridgehead atoms. The molecule has 1 heterocycles. The van der Waals surface area contributed by atoms with Crippen LogP contribution >= 0.6 is 0 Å². The number of carbonyl (C=O) groups excluding carboxylic acids is 2. The van der Waals surface area contributed by atoms with Gasteiger partial charge in [0.15, 0.2) is 0 Å². The van der Waals surface area contributed by atoms with Crippen LogP contribution in [0.1, 0.15) is 43.7 Å². The Labute approximate surface area is 126 Å². The summed E-state index contributed by atoms with van der Waals surface area (Å²) in [6, 6.07) is 1.81. The highest BCUT2D eigenvalue weighted by atomic mass is 16.2. The minimum atomic E-state index is -0.155. The third-order valence-corrected chi connectivity index (χ3v) is 3.25. The summed E-state index contributed by atoms with van der Waals surface area (Å²) >= 11 is 0. The zero-order valence-corrected chi connectivity index (χ0v) is 13.6. The molecule has 6 heteroatoms. The van der Waals surface area contributed by atoms with E-state index in [1.54, 1.807) is 31.3 Å². The van der Waals surface area contributed by atoms with Crippen LogP contribution in [0.15, 0.2) is 12.3 Å². The second-order valence-electron chi connectivity index (χ2n) is 5.67. The lowest BCUT2D eigenvalue weighted by Crippen LogP contribution is -2.41. The standard InChI is InChI=1S/C15H26N4O2/c1-6-7-18(10-14(20)17(4)5)15(21)13-8-12(16)9-19(13)11(2)3/h8-9,11H,6-7,10,16H2,1-5H3. The topological polar surface area (TPSA) is 71.6 Å². The van der Waals surface area contributed by atoms with Crippen molar-refractivity contribution in [2.45, 2.75) is 33.2 Å². The number of amides is 2. The summed E-state index contributed by atoms with van der Waals surface area (Å²) < 4.78 is 1.85. The Kier molecular flexibility index (Phi) is 5.81. The first kappa shape index (κ1) is 17.1. The first-order chi connectivity index (χ1) is 9.77. The number of hydrogen-bond acceptors (Lipinski definition) is 3. The number of nitrogen functional groups attached to an aromatic ring is 1.